The van der Waals surface area contributed by atoms with E-state index >= 15 is 0 Å². The molecule has 0 spiro atoms. The average Bonchev–Trinajstić information content (AvgIpc) is 2.45. The smallest absolute Gasteiger partial charge is 0.195 e. The highest BCUT2D eigenvalue weighted by Crippen LogP contribution is 2.33. The van der Waals surface area contributed by atoms with Crippen LogP contribution in [-0.2, 0) is 11.3 Å². The van der Waals surface area contributed by atoms with Crippen molar-refractivity contribution in [3.8, 4) is 17.2 Å². The number of phenols is 2. The van der Waals surface area contributed by atoms with Crippen molar-refractivity contribution in [1.29, 1.82) is 0 Å². The second-order valence-electron chi connectivity index (χ2n) is 4.47. The molecule has 5 heteroatoms. The summed E-state index contributed by atoms with van der Waals surface area (Å²) in [6.07, 6.45) is 0. The summed E-state index contributed by atoms with van der Waals surface area (Å²) in [6, 6.07) is 11.8. The van der Waals surface area contributed by atoms with E-state index in [1.165, 1.54) is 13.2 Å². The Kier molecular flexibility index (Phi) is 4.79. The minimum atomic E-state index is -0.418. The zero-order valence-corrected chi connectivity index (χ0v) is 11.6. The summed E-state index contributed by atoms with van der Waals surface area (Å²) in [5, 5.41) is 19.4. The number of phenolic OH excluding ortho intramolecular Hbond substituents is 2. The van der Waals surface area contributed by atoms with E-state index in [0.29, 0.717) is 0 Å². The number of aromatic hydroxyl groups is 2. The molecule has 0 fully saturated rings. The van der Waals surface area contributed by atoms with Gasteiger partial charge in [0.2, 0.25) is 0 Å². The molecule has 2 N–H and O–H groups in total. The maximum Gasteiger partial charge on any atom is 0.195 e. The molecule has 0 aromatic heterocycles. The molecule has 0 saturated heterocycles. The van der Waals surface area contributed by atoms with Gasteiger partial charge in [-0.05, 0) is 5.56 Å². The van der Waals surface area contributed by atoms with E-state index in [1.54, 1.807) is 0 Å². The zero-order chi connectivity index (χ0) is 15.2. The monoisotopic (exact) mass is 288 g/mol. The van der Waals surface area contributed by atoms with Crippen LogP contribution in [0.5, 0.6) is 17.2 Å². The van der Waals surface area contributed by atoms with E-state index in [9.17, 15) is 15.0 Å². The van der Waals surface area contributed by atoms with Crippen LogP contribution in [0.3, 0.4) is 0 Å². The molecule has 0 atom stereocenters. The Morgan fingerprint density at radius 1 is 1.14 bits per heavy atom. The number of hydrogen-bond donors (Lipinski definition) is 2. The molecule has 0 bridgehead atoms. The molecule has 21 heavy (non-hydrogen) atoms. The van der Waals surface area contributed by atoms with Gasteiger partial charge in [0.15, 0.2) is 5.78 Å². The van der Waals surface area contributed by atoms with E-state index in [-0.39, 0.29) is 36.0 Å². The van der Waals surface area contributed by atoms with Gasteiger partial charge in [0.1, 0.15) is 36.0 Å². The molecule has 0 saturated carbocycles. The normalized spacial score (nSPS) is 10.3. The van der Waals surface area contributed by atoms with Gasteiger partial charge in [0.25, 0.3) is 0 Å². The van der Waals surface area contributed by atoms with Crippen molar-refractivity contribution in [2.75, 3.05) is 13.7 Å². The maximum atomic E-state index is 12.0. The molecule has 0 aliphatic carbocycles. The van der Waals surface area contributed by atoms with Gasteiger partial charge in [0, 0.05) is 19.2 Å². The topological polar surface area (TPSA) is 76.0 Å². The quantitative estimate of drug-likeness (QED) is 0.799. The summed E-state index contributed by atoms with van der Waals surface area (Å²) in [5.41, 5.74) is 0.913. The largest absolute Gasteiger partial charge is 0.508 e. The van der Waals surface area contributed by atoms with Crippen molar-refractivity contribution in [3.63, 3.8) is 0 Å². The molecule has 0 aliphatic heterocycles. The Hall–Kier alpha value is -2.53. The van der Waals surface area contributed by atoms with Crippen molar-refractivity contribution in [2.45, 2.75) is 6.61 Å². The fourth-order valence-electron chi connectivity index (χ4n) is 1.92. The molecule has 0 heterocycles. The van der Waals surface area contributed by atoms with Crippen LogP contribution in [0, 0.1) is 0 Å². The first-order chi connectivity index (χ1) is 10.1. The summed E-state index contributed by atoms with van der Waals surface area (Å²) in [5.74, 6) is -0.805. The zero-order valence-electron chi connectivity index (χ0n) is 11.6. The molecule has 5 nitrogen and oxygen atoms in total. The van der Waals surface area contributed by atoms with Crippen molar-refractivity contribution in [2.24, 2.45) is 0 Å². The van der Waals surface area contributed by atoms with Crippen molar-refractivity contribution in [3.05, 3.63) is 53.6 Å². The van der Waals surface area contributed by atoms with Crippen LogP contribution in [-0.4, -0.2) is 29.7 Å². The molecule has 0 radical (unpaired) electrons. The standard InChI is InChI=1S/C16H16O5/c1-20-10-14(19)16-13(18)7-12(17)8-15(16)21-9-11-5-3-2-4-6-11/h2-8,17-18H,9-10H2,1H3. The third-order valence-corrected chi connectivity index (χ3v) is 2.86. The fraction of sp³-hybridized carbons (Fsp3) is 0.188. The summed E-state index contributed by atoms with van der Waals surface area (Å²) in [4.78, 5) is 12.0. The number of ether oxygens (including phenoxy) is 2. The molecule has 0 unspecified atom stereocenters. The second kappa shape index (κ2) is 6.76. The molecular weight excluding hydrogens is 272 g/mol. The first-order valence-electron chi connectivity index (χ1n) is 6.36. The predicted octanol–water partition coefficient (Wildman–Crippen LogP) is 2.51. The molecule has 2 aromatic carbocycles. The number of carbonyl (C=O) groups excluding carboxylic acids is 1. The minimum absolute atomic E-state index is 0.00517. The SMILES string of the molecule is COCC(=O)c1c(O)cc(O)cc1OCc1ccccc1. The molecule has 2 aromatic rings. The van der Waals surface area contributed by atoms with Crippen LogP contribution in [0.4, 0.5) is 0 Å². The number of rotatable bonds is 6. The Labute approximate surface area is 122 Å². The lowest BCUT2D eigenvalue weighted by Gasteiger charge is -2.13. The molecule has 2 rings (SSSR count). The highest BCUT2D eigenvalue weighted by atomic mass is 16.5. The van der Waals surface area contributed by atoms with E-state index in [1.807, 2.05) is 30.3 Å². The Bertz CT molecular complexity index is 622. The first kappa shape index (κ1) is 14.9. The van der Waals surface area contributed by atoms with Crippen molar-refractivity contribution >= 4 is 5.78 Å². The summed E-state index contributed by atoms with van der Waals surface area (Å²) < 4.78 is 10.3. The Balaban J connectivity index is 2.26. The van der Waals surface area contributed by atoms with Gasteiger partial charge in [-0.3, -0.25) is 4.79 Å². The number of ketones is 1. The number of hydrogen-bond acceptors (Lipinski definition) is 5. The van der Waals surface area contributed by atoms with Crippen molar-refractivity contribution in [1.82, 2.24) is 0 Å². The van der Waals surface area contributed by atoms with Gasteiger partial charge < -0.3 is 19.7 Å². The van der Waals surface area contributed by atoms with Gasteiger partial charge in [-0.2, -0.15) is 0 Å². The van der Waals surface area contributed by atoms with Gasteiger partial charge in [0.05, 0.1) is 0 Å². The highest BCUT2D eigenvalue weighted by Gasteiger charge is 2.19. The van der Waals surface area contributed by atoms with Crippen LogP contribution in [0.1, 0.15) is 15.9 Å². The van der Waals surface area contributed by atoms with E-state index in [4.69, 9.17) is 9.47 Å². The number of methoxy groups -OCH3 is 1. The Morgan fingerprint density at radius 2 is 1.86 bits per heavy atom. The van der Waals surface area contributed by atoms with E-state index in [0.717, 1.165) is 11.6 Å². The highest BCUT2D eigenvalue weighted by molar-refractivity contribution is 6.02. The molecule has 0 aliphatic rings. The van der Waals surface area contributed by atoms with Crippen LogP contribution >= 0.6 is 0 Å². The van der Waals surface area contributed by atoms with Gasteiger partial charge >= 0.3 is 0 Å². The summed E-state index contributed by atoms with van der Waals surface area (Å²) in [6.45, 7) is 0.0387. The summed E-state index contributed by atoms with van der Waals surface area (Å²) >= 11 is 0. The average molecular weight is 288 g/mol. The maximum absolute atomic E-state index is 12.0. The first-order valence-corrected chi connectivity index (χ1v) is 6.36. The van der Waals surface area contributed by atoms with Crippen LogP contribution < -0.4 is 4.74 Å². The molecular formula is C16H16O5. The van der Waals surface area contributed by atoms with E-state index < -0.39 is 5.78 Å². The number of Topliss-reactive ketones (excluding diaryl/α,β-unsaturated/α-hetero) is 1. The molecule has 0 amide bonds. The fourth-order valence-corrected chi connectivity index (χ4v) is 1.92. The van der Waals surface area contributed by atoms with Crippen LogP contribution in [0.25, 0.3) is 0 Å². The van der Waals surface area contributed by atoms with Gasteiger partial charge in [-0.1, -0.05) is 30.3 Å². The summed E-state index contributed by atoms with van der Waals surface area (Å²) in [7, 11) is 1.39. The Morgan fingerprint density at radius 3 is 2.52 bits per heavy atom. The number of benzene rings is 2. The third-order valence-electron chi connectivity index (χ3n) is 2.86. The van der Waals surface area contributed by atoms with Gasteiger partial charge in [-0.25, -0.2) is 0 Å². The third kappa shape index (κ3) is 3.73. The second-order valence-corrected chi connectivity index (χ2v) is 4.47. The lowest BCUT2D eigenvalue weighted by Crippen LogP contribution is -2.10. The van der Waals surface area contributed by atoms with Crippen LogP contribution in [0.2, 0.25) is 0 Å². The van der Waals surface area contributed by atoms with Crippen LogP contribution in [0.15, 0.2) is 42.5 Å². The predicted molar refractivity (Wildman–Crippen MR) is 76.8 cm³/mol. The van der Waals surface area contributed by atoms with E-state index in [2.05, 4.69) is 0 Å². The minimum Gasteiger partial charge on any atom is -0.508 e. The lowest BCUT2D eigenvalue weighted by atomic mass is 10.1. The van der Waals surface area contributed by atoms with Gasteiger partial charge in [-0.15, -0.1) is 0 Å². The molecule has 110 valence electrons. The lowest BCUT2D eigenvalue weighted by molar-refractivity contribution is 0.0840. The number of carbonyl (C=O) groups is 1. The van der Waals surface area contributed by atoms with Crippen molar-refractivity contribution < 1.29 is 24.5 Å².